The first-order valence-corrected chi connectivity index (χ1v) is 26.8. The van der Waals surface area contributed by atoms with Crippen molar-refractivity contribution < 1.29 is 4.42 Å². The molecule has 2 unspecified atom stereocenters. The van der Waals surface area contributed by atoms with Gasteiger partial charge in [0.15, 0.2) is 0 Å². The van der Waals surface area contributed by atoms with Crippen LogP contribution < -0.4 is 9.80 Å². The highest BCUT2D eigenvalue weighted by atomic mass is 16.3. The smallest absolute Gasteiger partial charge is 0.145 e. The maximum Gasteiger partial charge on any atom is 0.145 e. The Morgan fingerprint density at radius 1 is 0.403 bits per heavy atom. The van der Waals surface area contributed by atoms with Gasteiger partial charge in [0.05, 0.1) is 27.9 Å². The first-order valence-electron chi connectivity index (χ1n) is 26.8. The highest BCUT2D eigenvalue weighted by molar-refractivity contribution is 6.25. The van der Waals surface area contributed by atoms with E-state index in [1.807, 2.05) is 0 Å². The van der Waals surface area contributed by atoms with Crippen LogP contribution in [-0.4, -0.2) is 10.6 Å². The van der Waals surface area contributed by atoms with E-state index < -0.39 is 5.41 Å². The van der Waals surface area contributed by atoms with E-state index in [9.17, 15) is 0 Å². The van der Waals surface area contributed by atoms with Crippen LogP contribution in [0, 0.1) is 0 Å². The number of nitrogens with zero attached hydrogens (tertiary/aromatic N) is 3. The van der Waals surface area contributed by atoms with E-state index >= 15 is 0 Å². The van der Waals surface area contributed by atoms with Crippen LogP contribution in [0.3, 0.4) is 0 Å². The number of rotatable bonds is 8. The van der Waals surface area contributed by atoms with Crippen LogP contribution in [0.5, 0.6) is 0 Å². The third-order valence-electron chi connectivity index (χ3n) is 16.7. The van der Waals surface area contributed by atoms with Gasteiger partial charge in [-0.25, -0.2) is 0 Å². The maximum absolute atomic E-state index is 7.55. The van der Waals surface area contributed by atoms with Crippen LogP contribution in [-0.2, 0) is 5.41 Å². The third-order valence-corrected chi connectivity index (χ3v) is 16.7. The van der Waals surface area contributed by atoms with Gasteiger partial charge in [-0.1, -0.05) is 182 Å². The Bertz CT molecular complexity index is 4490. The summed E-state index contributed by atoms with van der Waals surface area (Å²) < 4.78 is 9.93. The molecule has 0 bridgehead atoms. The molecule has 77 heavy (non-hydrogen) atoms. The molecule has 3 aliphatic rings. The number of aromatic nitrogens is 1. The Hall–Kier alpha value is -9.90. The van der Waals surface area contributed by atoms with Gasteiger partial charge in [-0.2, -0.15) is 0 Å². The average molecular weight is 984 g/mol. The molecule has 2 aromatic heterocycles. The fraction of sp³-hybridized carbons (Fsp3) is 0.0411. The predicted molar refractivity (Wildman–Crippen MR) is 320 cm³/mol. The molecule has 13 aromatic rings. The summed E-state index contributed by atoms with van der Waals surface area (Å²) in [5.74, 6) is 0. The van der Waals surface area contributed by atoms with Gasteiger partial charge in [-0.05, 0) is 154 Å². The van der Waals surface area contributed by atoms with Crippen LogP contribution in [0.4, 0.5) is 28.4 Å². The molecule has 2 heterocycles. The Kier molecular flexibility index (Phi) is 9.64. The Morgan fingerprint density at radius 2 is 1.01 bits per heavy atom. The van der Waals surface area contributed by atoms with E-state index in [0.29, 0.717) is 0 Å². The van der Waals surface area contributed by atoms with E-state index in [1.165, 1.54) is 61.3 Å². The lowest BCUT2D eigenvalue weighted by atomic mass is 9.70. The van der Waals surface area contributed by atoms with Crippen LogP contribution in [0.15, 0.2) is 284 Å². The fourth-order valence-electron chi connectivity index (χ4n) is 13.5. The van der Waals surface area contributed by atoms with Gasteiger partial charge in [0, 0.05) is 55.8 Å². The number of fused-ring (bicyclic) bond motifs is 18. The van der Waals surface area contributed by atoms with Gasteiger partial charge >= 0.3 is 0 Å². The first-order chi connectivity index (χ1) is 38.2. The molecular formula is C73H49N3O. The first kappa shape index (κ1) is 43.5. The number of anilines is 5. The summed E-state index contributed by atoms with van der Waals surface area (Å²) in [7, 11) is 0. The molecule has 16 rings (SSSR count). The largest absolute Gasteiger partial charge is 0.455 e. The molecule has 4 heteroatoms. The highest BCUT2D eigenvalue weighted by Gasteiger charge is 2.53. The van der Waals surface area contributed by atoms with Crippen molar-refractivity contribution >= 4 is 72.2 Å². The Morgan fingerprint density at radius 3 is 1.77 bits per heavy atom. The molecule has 4 nitrogen and oxygen atoms in total. The van der Waals surface area contributed by atoms with Crippen molar-refractivity contribution in [3.8, 4) is 39.1 Å². The highest BCUT2D eigenvalue weighted by Crippen LogP contribution is 2.65. The molecule has 0 radical (unpaired) electrons. The number of hydrogen-bond donors (Lipinski definition) is 0. The van der Waals surface area contributed by atoms with Gasteiger partial charge in [0.1, 0.15) is 11.2 Å². The number of para-hydroxylation sites is 5. The van der Waals surface area contributed by atoms with Crippen LogP contribution >= 0.6 is 0 Å². The van der Waals surface area contributed by atoms with E-state index in [4.69, 9.17) is 4.42 Å². The second kappa shape index (κ2) is 17.1. The summed E-state index contributed by atoms with van der Waals surface area (Å²) in [4.78, 5) is 4.83. The maximum atomic E-state index is 7.55. The van der Waals surface area contributed by atoms with Crippen LogP contribution in [0.1, 0.15) is 28.7 Å². The van der Waals surface area contributed by atoms with E-state index in [0.717, 1.165) is 78.7 Å². The Labute approximate surface area is 447 Å². The lowest BCUT2D eigenvalue weighted by Gasteiger charge is -2.34. The summed E-state index contributed by atoms with van der Waals surface area (Å²) in [6.07, 6.45) is 9.89. The number of allylic oxidation sites excluding steroid dienone is 2. The second-order valence-electron chi connectivity index (χ2n) is 20.7. The van der Waals surface area contributed by atoms with Crippen LogP contribution in [0.2, 0.25) is 0 Å². The summed E-state index contributed by atoms with van der Waals surface area (Å²) in [5, 5.41) is 4.55. The molecule has 1 spiro atoms. The molecule has 2 atom stereocenters. The van der Waals surface area contributed by atoms with Crippen molar-refractivity contribution in [2.75, 3.05) is 9.80 Å². The number of benzene rings is 11. The summed E-state index contributed by atoms with van der Waals surface area (Å²) in [5.41, 5.74) is 22.6. The monoisotopic (exact) mass is 983 g/mol. The zero-order chi connectivity index (χ0) is 50.6. The third kappa shape index (κ3) is 6.39. The molecule has 0 fully saturated rings. The minimum absolute atomic E-state index is 0.176. The minimum Gasteiger partial charge on any atom is -0.455 e. The topological polar surface area (TPSA) is 24.6 Å². The summed E-state index contributed by atoms with van der Waals surface area (Å²) >= 11 is 0. The van der Waals surface area contributed by atoms with Crippen molar-refractivity contribution in [2.45, 2.75) is 17.9 Å². The fourth-order valence-corrected chi connectivity index (χ4v) is 13.5. The normalized spacial score (nSPS) is 15.8. The molecule has 11 aromatic carbocycles. The standard InChI is InChI=1S/C73H49N3O/c1-6-20-50(21-7-1)74(51-22-8-2-9-23-51)55-37-34-48(35-38-55)49-36-40-60-66(46-49)73(63-32-18-16-30-57(63)62-47-56(39-43-64(62)73)75(52-24-10-3-11-25-52)53-26-12-4-13-27-53)65-44-41-58-59-42-45-68-70(72(59)77-71(58)69(60)65)61-31-17-19-33-67(61)76(68)54-28-14-5-15-29-54/h1-26,28-47,53H,27H2. The zero-order valence-electron chi connectivity index (χ0n) is 42.1. The van der Waals surface area contributed by atoms with E-state index in [-0.39, 0.29) is 6.04 Å². The summed E-state index contributed by atoms with van der Waals surface area (Å²) in [6, 6.07) is 93.8. The molecule has 0 amide bonds. The SMILES string of the molecule is C1=CCC(N(c2ccccc2)c2ccc3c(c2)-c2ccccc2C32c3cc(-c4ccc(N(c5ccccc5)c5ccccc5)cc4)ccc3-c3c2ccc2c3oc3c2ccc2c3c3ccccc3n2-c2ccccc2)C=C1. The van der Waals surface area contributed by atoms with Crippen LogP contribution in [0.25, 0.3) is 82.8 Å². The van der Waals surface area contributed by atoms with Crippen molar-refractivity contribution in [2.24, 2.45) is 0 Å². The van der Waals surface area contributed by atoms with Crippen molar-refractivity contribution in [3.63, 3.8) is 0 Å². The quantitative estimate of drug-likeness (QED) is 0.152. The van der Waals surface area contributed by atoms with E-state index in [1.54, 1.807) is 0 Å². The summed E-state index contributed by atoms with van der Waals surface area (Å²) in [6.45, 7) is 0. The van der Waals surface area contributed by atoms with Gasteiger partial charge in [0.25, 0.3) is 0 Å². The average Bonchev–Trinajstić information content (AvgIpc) is 4.31. The number of furan rings is 1. The molecule has 3 aliphatic carbocycles. The minimum atomic E-state index is -0.640. The molecule has 0 saturated carbocycles. The lowest BCUT2D eigenvalue weighted by molar-refractivity contribution is 0.673. The second-order valence-corrected chi connectivity index (χ2v) is 20.7. The van der Waals surface area contributed by atoms with Gasteiger partial charge in [-0.15, -0.1) is 0 Å². The predicted octanol–water partition coefficient (Wildman–Crippen LogP) is 19.2. The molecule has 0 aliphatic heterocycles. The molecule has 0 N–H and O–H groups in total. The number of hydrogen-bond acceptors (Lipinski definition) is 3. The molecule has 362 valence electrons. The molecule has 0 saturated heterocycles. The lowest BCUT2D eigenvalue weighted by Crippen LogP contribution is -2.30. The van der Waals surface area contributed by atoms with Crippen molar-refractivity contribution in [3.05, 3.63) is 301 Å². The van der Waals surface area contributed by atoms with Crippen molar-refractivity contribution in [1.29, 1.82) is 0 Å². The molecular weight excluding hydrogens is 935 g/mol. The van der Waals surface area contributed by atoms with Gasteiger partial charge < -0.3 is 18.8 Å². The van der Waals surface area contributed by atoms with Gasteiger partial charge in [-0.3, -0.25) is 0 Å². The van der Waals surface area contributed by atoms with E-state index in [2.05, 4.69) is 293 Å². The van der Waals surface area contributed by atoms with Gasteiger partial charge in [0.2, 0.25) is 0 Å². The van der Waals surface area contributed by atoms with Crippen molar-refractivity contribution in [1.82, 2.24) is 4.57 Å². The Balaban J connectivity index is 0.935. The zero-order valence-corrected chi connectivity index (χ0v) is 42.1.